The fourth-order valence-electron chi connectivity index (χ4n) is 1.70. The molecule has 13 heteroatoms. The van der Waals surface area contributed by atoms with Gasteiger partial charge in [0.1, 0.15) is 17.9 Å². The van der Waals surface area contributed by atoms with Gasteiger partial charge in [-0.1, -0.05) is 0 Å². The molecule has 0 saturated carbocycles. The number of carboxylic acids is 2. The number of alkyl halides is 3. The van der Waals surface area contributed by atoms with Crippen LogP contribution >= 0.6 is 0 Å². The van der Waals surface area contributed by atoms with Crippen LogP contribution in [0.15, 0.2) is 12.3 Å². The average Bonchev–Trinajstić information content (AvgIpc) is 2.49. The summed E-state index contributed by atoms with van der Waals surface area (Å²) < 4.78 is 38.9. The lowest BCUT2D eigenvalue weighted by Crippen LogP contribution is -2.42. The smallest absolute Gasteiger partial charge is 0.418 e. The summed E-state index contributed by atoms with van der Waals surface area (Å²) in [5, 5.41) is 29.6. The number of hydrogen-bond acceptors (Lipinski definition) is 6. The van der Waals surface area contributed by atoms with Gasteiger partial charge in [-0.25, -0.2) is 9.78 Å². The van der Waals surface area contributed by atoms with Gasteiger partial charge in [0.25, 0.3) is 11.6 Å². The molecule has 10 nitrogen and oxygen atoms in total. The number of aromatic nitrogens is 1. The Kier molecular flexibility index (Phi) is 5.98. The zero-order valence-electron chi connectivity index (χ0n) is 12.1. The van der Waals surface area contributed by atoms with E-state index >= 15 is 0 Å². The number of nitrogens with zero attached hydrogens (tertiary/aromatic N) is 2. The Labute approximate surface area is 136 Å². The first-order valence-electron chi connectivity index (χ1n) is 6.40. The largest absolute Gasteiger partial charge is 0.481 e. The van der Waals surface area contributed by atoms with Crippen LogP contribution < -0.4 is 5.32 Å². The molecular formula is C12H10F3N3O7. The molecule has 0 aliphatic carbocycles. The molecule has 0 saturated heterocycles. The number of nitro groups is 1. The van der Waals surface area contributed by atoms with Crippen molar-refractivity contribution in [3.63, 3.8) is 0 Å². The van der Waals surface area contributed by atoms with E-state index in [1.165, 1.54) is 0 Å². The number of carbonyl (C=O) groups is 3. The molecule has 0 aliphatic heterocycles. The summed E-state index contributed by atoms with van der Waals surface area (Å²) in [5.74, 6) is -4.59. The summed E-state index contributed by atoms with van der Waals surface area (Å²) in [6.07, 6.45) is -5.98. The third-order valence-electron chi connectivity index (χ3n) is 2.85. The minimum absolute atomic E-state index is 0.0922. The molecule has 1 rings (SSSR count). The van der Waals surface area contributed by atoms with Crippen molar-refractivity contribution in [2.45, 2.75) is 25.1 Å². The van der Waals surface area contributed by atoms with E-state index < -0.39 is 64.8 Å². The van der Waals surface area contributed by atoms with E-state index in [0.29, 0.717) is 6.20 Å². The van der Waals surface area contributed by atoms with E-state index in [2.05, 4.69) is 4.98 Å². The molecule has 0 aliphatic rings. The molecule has 1 aromatic rings. The van der Waals surface area contributed by atoms with Crippen molar-refractivity contribution < 1.29 is 42.7 Å². The topological polar surface area (TPSA) is 160 Å². The zero-order valence-corrected chi connectivity index (χ0v) is 12.1. The predicted molar refractivity (Wildman–Crippen MR) is 71.7 cm³/mol. The highest BCUT2D eigenvalue weighted by molar-refractivity contribution is 5.96. The molecule has 0 fully saturated rings. The number of aliphatic carboxylic acids is 2. The van der Waals surface area contributed by atoms with E-state index in [9.17, 15) is 37.7 Å². The van der Waals surface area contributed by atoms with E-state index in [-0.39, 0.29) is 6.07 Å². The fraction of sp³-hybridized carbons (Fsp3) is 0.333. The first-order valence-corrected chi connectivity index (χ1v) is 6.40. The zero-order chi connectivity index (χ0) is 19.4. The Bertz CT molecular complexity index is 720. The Morgan fingerprint density at radius 2 is 1.92 bits per heavy atom. The minimum atomic E-state index is -5.16. The quantitative estimate of drug-likeness (QED) is 0.477. The van der Waals surface area contributed by atoms with Gasteiger partial charge in [0.05, 0.1) is 10.5 Å². The lowest BCUT2D eigenvalue weighted by atomic mass is 10.1. The third-order valence-corrected chi connectivity index (χ3v) is 2.85. The van der Waals surface area contributed by atoms with Crippen LogP contribution in [-0.4, -0.2) is 44.0 Å². The van der Waals surface area contributed by atoms with Gasteiger partial charge in [-0.15, -0.1) is 0 Å². The monoisotopic (exact) mass is 365 g/mol. The molecule has 1 atom stereocenters. The highest BCUT2D eigenvalue weighted by Crippen LogP contribution is 2.33. The van der Waals surface area contributed by atoms with Crippen LogP contribution in [0.3, 0.4) is 0 Å². The molecule has 136 valence electrons. The number of halogens is 3. The first-order chi connectivity index (χ1) is 11.4. The lowest BCUT2D eigenvalue weighted by Gasteiger charge is -2.15. The van der Waals surface area contributed by atoms with Gasteiger partial charge in [0.2, 0.25) is 0 Å². The average molecular weight is 365 g/mol. The van der Waals surface area contributed by atoms with E-state index in [0.717, 1.165) is 0 Å². The Morgan fingerprint density at radius 1 is 1.32 bits per heavy atom. The molecule has 1 heterocycles. The fourth-order valence-corrected chi connectivity index (χ4v) is 1.70. The van der Waals surface area contributed by atoms with Crippen LogP contribution in [0.5, 0.6) is 0 Å². The highest BCUT2D eigenvalue weighted by Gasteiger charge is 2.38. The van der Waals surface area contributed by atoms with Gasteiger partial charge in [-0.3, -0.25) is 19.7 Å². The second-order valence-corrected chi connectivity index (χ2v) is 4.64. The van der Waals surface area contributed by atoms with Gasteiger partial charge in [-0.2, -0.15) is 13.2 Å². The van der Waals surface area contributed by atoms with Gasteiger partial charge >= 0.3 is 18.1 Å². The molecule has 1 amide bonds. The van der Waals surface area contributed by atoms with Crippen molar-refractivity contribution in [1.82, 2.24) is 10.3 Å². The van der Waals surface area contributed by atoms with Crippen molar-refractivity contribution in [3.8, 4) is 0 Å². The number of amides is 1. The van der Waals surface area contributed by atoms with Gasteiger partial charge in [0.15, 0.2) is 0 Å². The van der Waals surface area contributed by atoms with Crippen molar-refractivity contribution >= 4 is 23.5 Å². The second-order valence-electron chi connectivity index (χ2n) is 4.64. The van der Waals surface area contributed by atoms with Crippen molar-refractivity contribution in [1.29, 1.82) is 0 Å². The van der Waals surface area contributed by atoms with Gasteiger partial charge < -0.3 is 15.5 Å². The number of rotatable bonds is 7. The van der Waals surface area contributed by atoms with E-state index in [1.807, 2.05) is 0 Å². The van der Waals surface area contributed by atoms with Crippen LogP contribution in [-0.2, 0) is 15.8 Å². The molecular weight excluding hydrogens is 355 g/mol. The Morgan fingerprint density at radius 3 is 2.36 bits per heavy atom. The number of pyridine rings is 1. The van der Waals surface area contributed by atoms with Gasteiger partial charge in [-0.05, 0) is 6.42 Å². The number of nitrogens with one attached hydrogen (secondary N) is 1. The minimum Gasteiger partial charge on any atom is -0.481 e. The van der Waals surface area contributed by atoms with E-state index in [1.54, 1.807) is 5.32 Å². The number of carboxylic acid groups (broad SMARTS) is 2. The van der Waals surface area contributed by atoms with Gasteiger partial charge in [0, 0.05) is 12.5 Å². The summed E-state index contributed by atoms with van der Waals surface area (Å²) in [5.41, 5.74) is -3.99. The molecule has 0 bridgehead atoms. The molecule has 25 heavy (non-hydrogen) atoms. The summed E-state index contributed by atoms with van der Waals surface area (Å²) in [4.78, 5) is 45.8. The Balaban J connectivity index is 3.16. The summed E-state index contributed by atoms with van der Waals surface area (Å²) in [7, 11) is 0. The summed E-state index contributed by atoms with van der Waals surface area (Å²) in [6, 6.07) is -1.68. The van der Waals surface area contributed by atoms with Crippen molar-refractivity contribution in [3.05, 3.63) is 33.6 Å². The van der Waals surface area contributed by atoms with Crippen LogP contribution in [0.4, 0.5) is 18.9 Å². The molecule has 0 aromatic carbocycles. The predicted octanol–water partition coefficient (Wildman–Crippen LogP) is 1.06. The number of carbonyl (C=O) groups excluding carboxylic acids is 1. The molecule has 3 N–H and O–H groups in total. The summed E-state index contributed by atoms with van der Waals surface area (Å²) >= 11 is 0. The standard InChI is InChI=1S/C12H10F3N3O7/c13-12(14,15)6-3-5(18(24)25)4-16-9(6)10(21)17-7(11(22)23)1-2-8(19)20/h3-4,7H,1-2H2,(H,17,21)(H,19,20)(H,22,23)/t7-/m0/s1. The summed E-state index contributed by atoms with van der Waals surface area (Å²) in [6.45, 7) is 0. The van der Waals surface area contributed by atoms with Crippen molar-refractivity contribution in [2.24, 2.45) is 0 Å². The molecule has 0 spiro atoms. The van der Waals surface area contributed by atoms with E-state index in [4.69, 9.17) is 10.2 Å². The maximum Gasteiger partial charge on any atom is 0.418 e. The van der Waals surface area contributed by atoms with Crippen LogP contribution in [0.25, 0.3) is 0 Å². The normalized spacial score (nSPS) is 12.3. The molecule has 1 aromatic heterocycles. The van der Waals surface area contributed by atoms with Crippen LogP contribution in [0.1, 0.15) is 28.9 Å². The number of hydrogen-bond donors (Lipinski definition) is 3. The molecule has 0 radical (unpaired) electrons. The SMILES string of the molecule is O=C(O)CC[C@H](NC(=O)c1ncc([N+](=O)[O-])cc1C(F)(F)F)C(=O)O. The Hall–Kier alpha value is -3.25. The molecule has 0 unspecified atom stereocenters. The maximum absolute atomic E-state index is 13.0. The van der Waals surface area contributed by atoms with Crippen LogP contribution in [0.2, 0.25) is 0 Å². The van der Waals surface area contributed by atoms with Crippen molar-refractivity contribution in [2.75, 3.05) is 0 Å². The maximum atomic E-state index is 13.0. The lowest BCUT2D eigenvalue weighted by molar-refractivity contribution is -0.385. The first kappa shape index (κ1) is 19.8. The highest BCUT2D eigenvalue weighted by atomic mass is 19.4. The second kappa shape index (κ2) is 7.55. The van der Waals surface area contributed by atoms with Crippen LogP contribution in [0, 0.1) is 10.1 Å². The third kappa shape index (κ3) is 5.40.